The summed E-state index contributed by atoms with van der Waals surface area (Å²) in [6, 6.07) is 45.0. The normalized spacial score (nSPS) is 16.4. The number of nitrogens with zero attached hydrogens (tertiary/aromatic N) is 3. The molecule has 1 aliphatic heterocycles. The average molecular weight is 713 g/mol. The minimum atomic E-state index is 0.103. The maximum atomic E-state index is 4.94. The summed E-state index contributed by atoms with van der Waals surface area (Å²) in [7, 11) is 3.56. The lowest BCUT2D eigenvalue weighted by molar-refractivity contribution is 0.432. The molecule has 5 aromatic rings. The molecule has 54 heavy (non-hydrogen) atoms. The number of para-hydroxylation sites is 2. The molecule has 0 aliphatic carbocycles. The van der Waals surface area contributed by atoms with Crippen LogP contribution in [0.25, 0.3) is 16.3 Å². The van der Waals surface area contributed by atoms with Crippen LogP contribution in [0, 0.1) is 0 Å². The quantitative estimate of drug-likeness (QED) is 0.0987. The number of anilines is 2. The molecule has 1 unspecified atom stereocenters. The van der Waals surface area contributed by atoms with Gasteiger partial charge in [-0.3, -0.25) is 10.9 Å². The zero-order valence-corrected chi connectivity index (χ0v) is 33.1. The van der Waals surface area contributed by atoms with E-state index in [4.69, 9.17) is 5.84 Å². The van der Waals surface area contributed by atoms with E-state index in [1.807, 2.05) is 26.0 Å². The van der Waals surface area contributed by atoms with E-state index in [0.717, 1.165) is 45.3 Å². The number of hydrogen-bond donors (Lipinski definition) is 1. The number of hydrazine groups is 1. The third-order valence-corrected chi connectivity index (χ3v) is 8.80. The van der Waals surface area contributed by atoms with Crippen LogP contribution >= 0.6 is 0 Å². The standard InChI is InChI=1S/C46H42N2.C2H8N2.C2H6/c1-6-19-45-42(7-2)44-27-16-17-29-46(44)47(35(4)32-36(5)48(45)41-25-12-9-13-26-41)34(3)20-18-28-43(38-22-10-8-11-23-38)40-31-30-37-21-14-15-24-39(37)33-40;1-4(2)3;1-2/h6-33,43H,2,4H2,1,3,5H3;3H2,1-2H3;1-2H3/b19-6-,28-18+,34-20+,36-32+,45-42-;;. The number of rotatable bonds is 8. The van der Waals surface area contributed by atoms with Crippen molar-refractivity contribution in [3.05, 3.63) is 223 Å². The van der Waals surface area contributed by atoms with Gasteiger partial charge in [0.2, 0.25) is 0 Å². The topological polar surface area (TPSA) is 35.7 Å². The molecule has 4 nitrogen and oxygen atoms in total. The fourth-order valence-corrected chi connectivity index (χ4v) is 6.60. The van der Waals surface area contributed by atoms with Gasteiger partial charge in [0, 0.05) is 53.9 Å². The summed E-state index contributed by atoms with van der Waals surface area (Å²) in [4.78, 5) is 4.54. The monoisotopic (exact) mass is 712 g/mol. The first kappa shape index (κ1) is 40.8. The molecule has 5 aromatic carbocycles. The van der Waals surface area contributed by atoms with Crippen LogP contribution in [0.4, 0.5) is 11.4 Å². The Balaban J connectivity index is 0.00000102. The van der Waals surface area contributed by atoms with Gasteiger partial charge in [0.15, 0.2) is 0 Å². The van der Waals surface area contributed by atoms with E-state index in [9.17, 15) is 0 Å². The number of fused-ring (bicyclic) bond motifs is 2. The molecule has 0 amide bonds. The third kappa shape index (κ3) is 10.1. The Bertz CT molecular complexity index is 2150. The molecule has 0 saturated carbocycles. The third-order valence-electron chi connectivity index (χ3n) is 8.80. The number of benzene rings is 5. The van der Waals surface area contributed by atoms with Crippen LogP contribution in [-0.4, -0.2) is 19.1 Å². The first-order valence-electron chi connectivity index (χ1n) is 18.7. The minimum Gasteiger partial charge on any atom is -0.314 e. The highest BCUT2D eigenvalue weighted by Gasteiger charge is 2.24. The zero-order chi connectivity index (χ0) is 39.0. The molecule has 1 atom stereocenters. The molecule has 2 N–H and O–H groups in total. The number of allylic oxidation sites excluding steroid dienone is 10. The van der Waals surface area contributed by atoms with Crippen molar-refractivity contribution >= 4 is 27.7 Å². The highest BCUT2D eigenvalue weighted by Crippen LogP contribution is 2.40. The molecule has 1 heterocycles. The molecule has 0 bridgehead atoms. The van der Waals surface area contributed by atoms with Crippen molar-refractivity contribution < 1.29 is 0 Å². The first-order chi connectivity index (χ1) is 26.2. The molecule has 1 aliphatic rings. The lowest BCUT2D eigenvalue weighted by Crippen LogP contribution is -2.21. The van der Waals surface area contributed by atoms with Crippen molar-refractivity contribution in [1.82, 2.24) is 5.01 Å². The summed E-state index contributed by atoms with van der Waals surface area (Å²) in [5, 5.41) is 3.99. The largest absolute Gasteiger partial charge is 0.314 e. The van der Waals surface area contributed by atoms with Crippen molar-refractivity contribution in [3.63, 3.8) is 0 Å². The second-order valence-electron chi connectivity index (χ2n) is 13.0. The Morgan fingerprint density at radius 1 is 0.778 bits per heavy atom. The smallest absolute Gasteiger partial charge is 0.0537 e. The molecule has 276 valence electrons. The zero-order valence-electron chi connectivity index (χ0n) is 33.1. The van der Waals surface area contributed by atoms with Gasteiger partial charge in [0.25, 0.3) is 0 Å². The Kier molecular flexibility index (Phi) is 15.4. The van der Waals surface area contributed by atoms with Gasteiger partial charge >= 0.3 is 0 Å². The highest BCUT2D eigenvalue weighted by molar-refractivity contribution is 5.90. The van der Waals surface area contributed by atoms with Crippen LogP contribution in [0.2, 0.25) is 0 Å². The molecular weight excluding hydrogens is 657 g/mol. The van der Waals surface area contributed by atoms with Crippen LogP contribution in [0.15, 0.2) is 206 Å². The predicted molar refractivity (Wildman–Crippen MR) is 237 cm³/mol. The second-order valence-corrected chi connectivity index (χ2v) is 13.0. The lowest BCUT2D eigenvalue weighted by Gasteiger charge is -2.28. The summed E-state index contributed by atoms with van der Waals surface area (Å²) < 4.78 is 0. The molecule has 0 aromatic heterocycles. The van der Waals surface area contributed by atoms with E-state index in [0.29, 0.717) is 0 Å². The van der Waals surface area contributed by atoms with Crippen molar-refractivity contribution in [1.29, 1.82) is 0 Å². The van der Waals surface area contributed by atoms with Crippen LogP contribution in [0.3, 0.4) is 0 Å². The van der Waals surface area contributed by atoms with Crippen LogP contribution < -0.4 is 15.6 Å². The minimum absolute atomic E-state index is 0.103. The van der Waals surface area contributed by atoms with Crippen molar-refractivity contribution in [3.8, 4) is 0 Å². The van der Waals surface area contributed by atoms with Gasteiger partial charge in [0.1, 0.15) is 0 Å². The lowest BCUT2D eigenvalue weighted by atomic mass is 9.89. The van der Waals surface area contributed by atoms with Crippen molar-refractivity contribution in [2.24, 2.45) is 5.84 Å². The SMILES string of the molecule is C=C/C1=C(\C=C/C)N(c2ccccc2)/C(C)=C/C(=C)N(/C(C)=C/C=C/C(c2ccccc2)c2ccc3ccccc3c2)c2ccccc21.CC.CN(C)N. The molecule has 0 fully saturated rings. The summed E-state index contributed by atoms with van der Waals surface area (Å²) in [6.07, 6.45) is 15.1. The fourth-order valence-electron chi connectivity index (χ4n) is 6.60. The van der Waals surface area contributed by atoms with E-state index in [1.54, 1.807) is 14.1 Å². The number of nitrogens with two attached hydrogens (primary N) is 1. The summed E-state index contributed by atoms with van der Waals surface area (Å²) in [6.45, 7) is 19.3. The number of hydrogen-bond acceptors (Lipinski definition) is 4. The van der Waals surface area contributed by atoms with Crippen LogP contribution in [-0.2, 0) is 0 Å². The molecule has 0 spiro atoms. The van der Waals surface area contributed by atoms with Gasteiger partial charge in [-0.25, -0.2) is 0 Å². The second kappa shape index (κ2) is 20.3. The Morgan fingerprint density at radius 2 is 1.37 bits per heavy atom. The molecule has 0 saturated heterocycles. The van der Waals surface area contributed by atoms with Gasteiger partial charge in [-0.1, -0.05) is 161 Å². The van der Waals surface area contributed by atoms with Gasteiger partial charge in [-0.15, -0.1) is 0 Å². The Hall–Kier alpha value is -5.94. The summed E-state index contributed by atoms with van der Waals surface area (Å²) >= 11 is 0. The molecule has 6 rings (SSSR count). The van der Waals surface area contributed by atoms with E-state index in [-0.39, 0.29) is 5.92 Å². The van der Waals surface area contributed by atoms with Crippen LogP contribution in [0.5, 0.6) is 0 Å². The van der Waals surface area contributed by atoms with Crippen molar-refractivity contribution in [2.45, 2.75) is 40.5 Å². The van der Waals surface area contributed by atoms with Crippen molar-refractivity contribution in [2.75, 3.05) is 23.9 Å². The molecular formula is C50H56N4. The Morgan fingerprint density at radius 3 is 2.02 bits per heavy atom. The summed E-state index contributed by atoms with van der Waals surface area (Å²) in [5.74, 6) is 5.05. The summed E-state index contributed by atoms with van der Waals surface area (Å²) in [5.41, 5.74) is 10.8. The maximum absolute atomic E-state index is 4.94. The first-order valence-corrected chi connectivity index (χ1v) is 18.7. The van der Waals surface area contributed by atoms with E-state index >= 15 is 0 Å². The maximum Gasteiger partial charge on any atom is 0.0537 e. The van der Waals surface area contributed by atoms with E-state index in [1.165, 1.54) is 26.9 Å². The average Bonchev–Trinajstić information content (AvgIpc) is 3.22. The molecule has 4 heteroatoms. The Labute approximate surface area is 324 Å². The van der Waals surface area contributed by atoms with Gasteiger partial charge < -0.3 is 9.80 Å². The van der Waals surface area contributed by atoms with Gasteiger partial charge in [0.05, 0.1) is 11.4 Å². The molecule has 0 radical (unpaired) electrons. The van der Waals surface area contributed by atoms with E-state index in [2.05, 4.69) is 202 Å². The fraction of sp³-hybridized carbons (Fsp3) is 0.160. The predicted octanol–water partition coefficient (Wildman–Crippen LogP) is 12.8. The van der Waals surface area contributed by atoms with Gasteiger partial charge in [-0.2, -0.15) is 0 Å². The highest BCUT2D eigenvalue weighted by atomic mass is 15.4. The van der Waals surface area contributed by atoms with E-state index < -0.39 is 0 Å². The van der Waals surface area contributed by atoms with Gasteiger partial charge in [-0.05, 0) is 79.1 Å². The van der Waals surface area contributed by atoms with Crippen LogP contribution in [0.1, 0.15) is 57.2 Å².